The van der Waals surface area contributed by atoms with E-state index < -0.39 is 0 Å². The second kappa shape index (κ2) is 10.0. The van der Waals surface area contributed by atoms with Crippen molar-refractivity contribution < 1.29 is 9.59 Å². The molecule has 0 aromatic heterocycles. The second-order valence-electron chi connectivity index (χ2n) is 6.09. The molecule has 1 fully saturated rings. The Kier molecular flexibility index (Phi) is 9.62. The monoisotopic (exact) mass is 319 g/mol. The largest absolute Gasteiger partial charge is 0.354 e. The number of likely N-dealkylation sites (tertiary alicyclic amines) is 1. The average Bonchev–Trinajstić information content (AvgIpc) is 2.37. The summed E-state index contributed by atoms with van der Waals surface area (Å²) < 4.78 is 0. The van der Waals surface area contributed by atoms with Crippen molar-refractivity contribution in [3.05, 3.63) is 0 Å². The smallest absolute Gasteiger partial charge is 0.222 e. The summed E-state index contributed by atoms with van der Waals surface area (Å²) in [5, 5.41) is 2.84. The molecule has 1 heterocycles. The summed E-state index contributed by atoms with van der Waals surface area (Å²) in [4.78, 5) is 25.7. The molecule has 5 nitrogen and oxygen atoms in total. The summed E-state index contributed by atoms with van der Waals surface area (Å²) in [6.45, 7) is 6.64. The number of rotatable bonds is 6. The second-order valence-corrected chi connectivity index (χ2v) is 6.09. The van der Waals surface area contributed by atoms with Crippen LogP contribution < -0.4 is 11.1 Å². The van der Waals surface area contributed by atoms with Gasteiger partial charge in [0.25, 0.3) is 0 Å². The highest BCUT2D eigenvalue weighted by molar-refractivity contribution is 5.85. The lowest BCUT2D eigenvalue weighted by atomic mass is 9.96. The molecule has 2 amide bonds. The maximum Gasteiger partial charge on any atom is 0.222 e. The van der Waals surface area contributed by atoms with Crippen molar-refractivity contribution in [2.24, 2.45) is 5.73 Å². The maximum absolute atomic E-state index is 12.3. The van der Waals surface area contributed by atoms with Crippen molar-refractivity contribution >= 4 is 24.2 Å². The van der Waals surface area contributed by atoms with E-state index in [1.807, 2.05) is 25.7 Å². The van der Waals surface area contributed by atoms with Gasteiger partial charge < -0.3 is 16.0 Å². The summed E-state index contributed by atoms with van der Waals surface area (Å²) in [7, 11) is 0. The van der Waals surface area contributed by atoms with Gasteiger partial charge in [-0.15, -0.1) is 12.4 Å². The first-order valence-electron chi connectivity index (χ1n) is 7.76. The Balaban J connectivity index is 0.00000400. The predicted molar refractivity (Wildman–Crippen MR) is 87.4 cm³/mol. The minimum absolute atomic E-state index is 0. The quantitative estimate of drug-likeness (QED) is 0.784. The Hall–Kier alpha value is -0.810. The van der Waals surface area contributed by atoms with Gasteiger partial charge in [0.1, 0.15) is 0 Å². The van der Waals surface area contributed by atoms with E-state index in [9.17, 15) is 9.59 Å². The first kappa shape index (κ1) is 20.2. The van der Waals surface area contributed by atoms with Crippen molar-refractivity contribution in [2.75, 3.05) is 6.54 Å². The van der Waals surface area contributed by atoms with E-state index in [4.69, 9.17) is 5.73 Å². The molecule has 2 atom stereocenters. The fraction of sp³-hybridized carbons (Fsp3) is 0.867. The minimum atomic E-state index is 0. The fourth-order valence-electron chi connectivity index (χ4n) is 2.75. The Bertz CT molecular complexity index is 335. The Labute approximate surface area is 134 Å². The molecule has 1 rings (SSSR count). The van der Waals surface area contributed by atoms with Crippen LogP contribution in [0.1, 0.15) is 59.3 Å². The molecule has 0 radical (unpaired) electrons. The number of piperidine rings is 1. The van der Waals surface area contributed by atoms with Crippen molar-refractivity contribution in [1.82, 2.24) is 10.2 Å². The Morgan fingerprint density at radius 2 is 1.90 bits per heavy atom. The highest BCUT2D eigenvalue weighted by Crippen LogP contribution is 2.20. The molecule has 2 unspecified atom stereocenters. The minimum Gasteiger partial charge on any atom is -0.354 e. The molecular formula is C15H30ClN3O2. The lowest BCUT2D eigenvalue weighted by molar-refractivity contribution is -0.135. The molecule has 1 saturated heterocycles. The summed E-state index contributed by atoms with van der Waals surface area (Å²) >= 11 is 0. The van der Waals surface area contributed by atoms with Crippen LogP contribution in [0.4, 0.5) is 0 Å². The molecule has 0 saturated carbocycles. The van der Waals surface area contributed by atoms with E-state index >= 15 is 0 Å². The van der Waals surface area contributed by atoms with E-state index in [0.717, 1.165) is 25.8 Å². The van der Waals surface area contributed by atoms with Gasteiger partial charge in [0.15, 0.2) is 0 Å². The molecule has 0 aliphatic carbocycles. The van der Waals surface area contributed by atoms with Gasteiger partial charge in [-0.3, -0.25) is 9.59 Å². The average molecular weight is 320 g/mol. The standard InChI is InChI=1S/C15H29N3O2.ClH/c1-11(2)17-14(19)8-6-9-15(20)18-10-5-4-7-13(18)12(3)16;/h11-13H,4-10,16H2,1-3H3,(H,17,19);1H. The molecule has 3 N–H and O–H groups in total. The normalized spacial score (nSPS) is 19.9. The summed E-state index contributed by atoms with van der Waals surface area (Å²) in [6, 6.07) is 0.340. The van der Waals surface area contributed by atoms with Crippen molar-refractivity contribution in [3.63, 3.8) is 0 Å². The van der Waals surface area contributed by atoms with Gasteiger partial charge in [-0.05, 0) is 46.5 Å². The Morgan fingerprint density at radius 1 is 1.24 bits per heavy atom. The summed E-state index contributed by atoms with van der Waals surface area (Å²) in [5.41, 5.74) is 5.97. The number of carbonyl (C=O) groups is 2. The van der Waals surface area contributed by atoms with Crippen LogP contribution in [0.3, 0.4) is 0 Å². The van der Waals surface area contributed by atoms with Gasteiger partial charge in [-0.2, -0.15) is 0 Å². The molecule has 0 bridgehead atoms. The Morgan fingerprint density at radius 3 is 2.48 bits per heavy atom. The highest BCUT2D eigenvalue weighted by Gasteiger charge is 2.28. The molecule has 124 valence electrons. The molecule has 21 heavy (non-hydrogen) atoms. The maximum atomic E-state index is 12.3. The molecule has 0 aromatic rings. The topological polar surface area (TPSA) is 75.4 Å². The first-order valence-corrected chi connectivity index (χ1v) is 7.76. The molecule has 1 aliphatic heterocycles. The summed E-state index contributed by atoms with van der Waals surface area (Å²) in [6.07, 6.45) is 4.67. The number of halogens is 1. The van der Waals surface area contributed by atoms with E-state index in [1.165, 1.54) is 0 Å². The predicted octanol–water partition coefficient (Wildman–Crippen LogP) is 1.83. The van der Waals surface area contributed by atoms with Crippen LogP contribution in [0.2, 0.25) is 0 Å². The zero-order chi connectivity index (χ0) is 15.1. The van der Waals surface area contributed by atoms with E-state index in [0.29, 0.717) is 19.3 Å². The van der Waals surface area contributed by atoms with Crippen LogP contribution in [0.25, 0.3) is 0 Å². The molecule has 1 aliphatic rings. The number of amides is 2. The number of carbonyl (C=O) groups excluding carboxylic acids is 2. The molecular weight excluding hydrogens is 290 g/mol. The molecule has 0 aromatic carbocycles. The zero-order valence-corrected chi connectivity index (χ0v) is 14.2. The van der Waals surface area contributed by atoms with Gasteiger partial charge in [0.2, 0.25) is 11.8 Å². The molecule has 6 heteroatoms. The number of hydrogen-bond donors (Lipinski definition) is 2. The third kappa shape index (κ3) is 7.14. The van der Waals surface area contributed by atoms with Gasteiger partial charge in [0.05, 0.1) is 0 Å². The van der Waals surface area contributed by atoms with Crippen molar-refractivity contribution in [3.8, 4) is 0 Å². The van der Waals surface area contributed by atoms with Crippen molar-refractivity contribution in [2.45, 2.75) is 77.4 Å². The third-order valence-corrected chi connectivity index (χ3v) is 3.72. The number of hydrogen-bond acceptors (Lipinski definition) is 3. The van der Waals surface area contributed by atoms with E-state index in [-0.39, 0.29) is 42.3 Å². The van der Waals surface area contributed by atoms with Crippen LogP contribution >= 0.6 is 12.4 Å². The lowest BCUT2D eigenvalue weighted by Crippen LogP contribution is -2.51. The molecule has 0 spiro atoms. The SMILES string of the molecule is CC(C)NC(=O)CCCC(=O)N1CCCCC1C(C)N.Cl. The van der Waals surface area contributed by atoms with E-state index in [1.54, 1.807) is 0 Å². The van der Waals surface area contributed by atoms with Gasteiger partial charge in [-0.25, -0.2) is 0 Å². The van der Waals surface area contributed by atoms with Gasteiger partial charge >= 0.3 is 0 Å². The van der Waals surface area contributed by atoms with Crippen LogP contribution in [0, 0.1) is 0 Å². The zero-order valence-electron chi connectivity index (χ0n) is 13.4. The number of nitrogens with zero attached hydrogens (tertiary/aromatic N) is 1. The van der Waals surface area contributed by atoms with Crippen LogP contribution in [0.15, 0.2) is 0 Å². The lowest BCUT2D eigenvalue weighted by Gasteiger charge is -2.38. The summed E-state index contributed by atoms with van der Waals surface area (Å²) in [5.74, 6) is 0.166. The van der Waals surface area contributed by atoms with E-state index in [2.05, 4.69) is 5.32 Å². The third-order valence-electron chi connectivity index (χ3n) is 3.72. The number of nitrogens with two attached hydrogens (primary N) is 1. The van der Waals surface area contributed by atoms with Crippen LogP contribution in [0.5, 0.6) is 0 Å². The van der Waals surface area contributed by atoms with Crippen LogP contribution in [-0.2, 0) is 9.59 Å². The van der Waals surface area contributed by atoms with Gasteiger partial charge in [-0.1, -0.05) is 0 Å². The van der Waals surface area contributed by atoms with Gasteiger partial charge in [0, 0.05) is 37.5 Å². The number of nitrogens with one attached hydrogen (secondary N) is 1. The van der Waals surface area contributed by atoms with Crippen LogP contribution in [-0.4, -0.2) is 41.4 Å². The fourth-order valence-corrected chi connectivity index (χ4v) is 2.75. The van der Waals surface area contributed by atoms with Crippen molar-refractivity contribution in [1.29, 1.82) is 0 Å². The highest BCUT2D eigenvalue weighted by atomic mass is 35.5. The first-order chi connectivity index (χ1) is 9.41.